The first-order valence-corrected chi connectivity index (χ1v) is 8.44. The van der Waals surface area contributed by atoms with Gasteiger partial charge >= 0.3 is 0 Å². The van der Waals surface area contributed by atoms with Crippen molar-refractivity contribution in [2.45, 2.75) is 13.8 Å². The van der Waals surface area contributed by atoms with Crippen molar-refractivity contribution in [2.24, 2.45) is 7.05 Å². The number of aromatic nitrogens is 3. The largest absolute Gasteiger partial charge is 0.293 e. The molecule has 3 aromatic rings. The smallest absolute Gasteiger partial charge is 0.291 e. The molecule has 8 heteroatoms. The SMILES string of the molecule is Cc1cc(C(=O)CCl)c(C)n1NC(=O)c1nn(C)c(=O)c2ccccc12. The summed E-state index contributed by atoms with van der Waals surface area (Å²) in [6.07, 6.45) is 0. The van der Waals surface area contributed by atoms with Crippen molar-refractivity contribution >= 4 is 34.1 Å². The number of hydrogen-bond acceptors (Lipinski definition) is 4. The number of ketones is 1. The second kappa shape index (κ2) is 6.76. The number of aryl methyl sites for hydroxylation is 2. The first-order valence-electron chi connectivity index (χ1n) is 7.90. The maximum absolute atomic E-state index is 12.8. The monoisotopic (exact) mass is 372 g/mol. The molecular weight excluding hydrogens is 356 g/mol. The predicted octanol–water partition coefficient (Wildman–Crippen LogP) is 2.16. The summed E-state index contributed by atoms with van der Waals surface area (Å²) in [5.74, 6) is -0.833. The minimum absolute atomic E-state index is 0.125. The topological polar surface area (TPSA) is 86.0 Å². The van der Waals surface area contributed by atoms with Gasteiger partial charge in [0.25, 0.3) is 11.5 Å². The molecule has 1 amide bonds. The van der Waals surface area contributed by atoms with Crippen LogP contribution in [-0.2, 0) is 7.05 Å². The van der Waals surface area contributed by atoms with Gasteiger partial charge in [0.2, 0.25) is 0 Å². The van der Waals surface area contributed by atoms with Crippen LogP contribution in [0.2, 0.25) is 0 Å². The Bertz CT molecular complexity index is 1100. The van der Waals surface area contributed by atoms with Gasteiger partial charge in [0.05, 0.1) is 11.3 Å². The number of carbonyl (C=O) groups excluding carboxylic acids is 2. The molecule has 1 aromatic carbocycles. The molecule has 0 atom stereocenters. The molecule has 0 fully saturated rings. The van der Waals surface area contributed by atoms with Crippen LogP contribution in [0.25, 0.3) is 10.8 Å². The Morgan fingerprint density at radius 3 is 2.50 bits per heavy atom. The van der Waals surface area contributed by atoms with Gasteiger partial charge in [-0.15, -0.1) is 11.6 Å². The van der Waals surface area contributed by atoms with Crippen LogP contribution in [0, 0.1) is 13.8 Å². The van der Waals surface area contributed by atoms with Crippen LogP contribution < -0.4 is 11.0 Å². The Morgan fingerprint density at radius 1 is 1.19 bits per heavy atom. The number of nitrogens with one attached hydrogen (secondary N) is 1. The van der Waals surface area contributed by atoms with Gasteiger partial charge in [-0.3, -0.25) is 24.5 Å². The Hall–Kier alpha value is -2.93. The normalized spacial score (nSPS) is 10.9. The highest BCUT2D eigenvalue weighted by Crippen LogP contribution is 2.17. The van der Waals surface area contributed by atoms with Gasteiger partial charge in [-0.2, -0.15) is 5.10 Å². The van der Waals surface area contributed by atoms with Crippen molar-refractivity contribution in [2.75, 3.05) is 11.3 Å². The van der Waals surface area contributed by atoms with E-state index in [1.807, 2.05) is 0 Å². The van der Waals surface area contributed by atoms with Crippen molar-refractivity contribution in [3.8, 4) is 0 Å². The minimum Gasteiger partial charge on any atom is -0.293 e. The van der Waals surface area contributed by atoms with Gasteiger partial charge in [-0.25, -0.2) is 4.68 Å². The highest BCUT2D eigenvalue weighted by molar-refractivity contribution is 6.30. The van der Waals surface area contributed by atoms with Crippen LogP contribution in [-0.4, -0.2) is 32.0 Å². The third-order valence-electron chi connectivity index (χ3n) is 4.24. The molecule has 134 valence electrons. The summed E-state index contributed by atoms with van der Waals surface area (Å²) in [4.78, 5) is 36.9. The maximum Gasteiger partial charge on any atom is 0.291 e. The molecule has 26 heavy (non-hydrogen) atoms. The van der Waals surface area contributed by atoms with E-state index in [1.54, 1.807) is 44.2 Å². The van der Waals surface area contributed by atoms with Crippen molar-refractivity contribution < 1.29 is 9.59 Å². The third kappa shape index (κ3) is 2.90. The standard InChI is InChI=1S/C18H17ClN4O3/c1-10-8-14(15(24)9-19)11(2)23(10)21-17(25)16-12-6-4-5-7-13(12)18(26)22(3)20-16/h4-8H,9H2,1-3H3,(H,21,25). The van der Waals surface area contributed by atoms with Gasteiger partial charge in [0.1, 0.15) is 0 Å². The summed E-state index contributed by atoms with van der Waals surface area (Å²) in [6, 6.07) is 8.47. The zero-order valence-electron chi connectivity index (χ0n) is 14.5. The third-order valence-corrected chi connectivity index (χ3v) is 4.48. The zero-order valence-corrected chi connectivity index (χ0v) is 15.3. The molecule has 1 N–H and O–H groups in total. The number of benzene rings is 1. The molecule has 0 spiro atoms. The molecule has 0 aliphatic rings. The average Bonchev–Trinajstić information content (AvgIpc) is 2.92. The Balaban J connectivity index is 2.07. The van der Waals surface area contributed by atoms with Crippen LogP contribution in [0.5, 0.6) is 0 Å². The number of halogens is 1. The van der Waals surface area contributed by atoms with Gasteiger partial charge in [0, 0.05) is 29.4 Å². The van der Waals surface area contributed by atoms with Crippen molar-refractivity contribution in [3.05, 3.63) is 63.3 Å². The highest BCUT2D eigenvalue weighted by atomic mass is 35.5. The van der Waals surface area contributed by atoms with Crippen LogP contribution in [0.1, 0.15) is 32.2 Å². The van der Waals surface area contributed by atoms with Gasteiger partial charge in [-0.1, -0.05) is 18.2 Å². The number of alkyl halides is 1. The predicted molar refractivity (Wildman–Crippen MR) is 99.6 cm³/mol. The molecule has 0 saturated carbocycles. The lowest BCUT2D eigenvalue weighted by Crippen LogP contribution is -2.29. The number of fused-ring (bicyclic) bond motifs is 1. The summed E-state index contributed by atoms with van der Waals surface area (Å²) < 4.78 is 2.65. The molecule has 3 rings (SSSR count). The summed E-state index contributed by atoms with van der Waals surface area (Å²) in [5, 5.41) is 4.98. The Morgan fingerprint density at radius 2 is 1.85 bits per heavy atom. The minimum atomic E-state index is -0.483. The Labute approximate surface area is 154 Å². The van der Waals surface area contributed by atoms with Crippen LogP contribution in [0.15, 0.2) is 35.1 Å². The highest BCUT2D eigenvalue weighted by Gasteiger charge is 2.20. The number of amides is 1. The fourth-order valence-electron chi connectivity index (χ4n) is 2.91. The number of carbonyl (C=O) groups is 2. The summed E-state index contributed by atoms with van der Waals surface area (Å²) in [6.45, 7) is 3.49. The fourth-order valence-corrected chi connectivity index (χ4v) is 3.06. The van der Waals surface area contributed by atoms with E-state index in [0.717, 1.165) is 4.68 Å². The van der Waals surface area contributed by atoms with Crippen LogP contribution in [0.3, 0.4) is 0 Å². The molecule has 7 nitrogen and oxygen atoms in total. The van der Waals surface area contributed by atoms with E-state index < -0.39 is 5.91 Å². The molecule has 0 aliphatic heterocycles. The average molecular weight is 373 g/mol. The number of Topliss-reactive ketones (excluding diaryl/α,β-unsaturated/α-hetero) is 1. The zero-order chi connectivity index (χ0) is 19.0. The summed E-state index contributed by atoms with van der Waals surface area (Å²) >= 11 is 5.63. The lowest BCUT2D eigenvalue weighted by molar-refractivity contribution is 0.0995. The molecule has 0 radical (unpaired) electrons. The van der Waals surface area contributed by atoms with Crippen LogP contribution in [0.4, 0.5) is 0 Å². The molecule has 0 aliphatic carbocycles. The van der Waals surface area contributed by atoms with Crippen LogP contribution >= 0.6 is 11.6 Å². The number of hydrogen-bond donors (Lipinski definition) is 1. The van der Waals surface area contributed by atoms with Gasteiger partial charge < -0.3 is 0 Å². The fraction of sp³-hybridized carbons (Fsp3) is 0.222. The molecule has 0 bridgehead atoms. The molecular formula is C18H17ClN4O3. The van der Waals surface area contributed by atoms with Gasteiger partial charge in [-0.05, 0) is 26.0 Å². The van der Waals surface area contributed by atoms with E-state index in [2.05, 4.69) is 10.5 Å². The maximum atomic E-state index is 12.8. The molecule has 0 unspecified atom stereocenters. The van der Waals surface area contributed by atoms with Crippen molar-refractivity contribution in [1.82, 2.24) is 14.5 Å². The lowest BCUT2D eigenvalue weighted by Gasteiger charge is -2.13. The second-order valence-corrected chi connectivity index (χ2v) is 6.21. The molecule has 2 heterocycles. The first kappa shape index (κ1) is 17.9. The lowest BCUT2D eigenvalue weighted by atomic mass is 10.1. The van der Waals surface area contributed by atoms with E-state index >= 15 is 0 Å². The summed E-state index contributed by atoms with van der Waals surface area (Å²) in [5.41, 5.74) is 4.30. The second-order valence-electron chi connectivity index (χ2n) is 5.94. The van der Waals surface area contributed by atoms with Gasteiger partial charge in [0.15, 0.2) is 11.5 Å². The molecule has 2 aromatic heterocycles. The van der Waals surface area contributed by atoms with Crippen molar-refractivity contribution in [1.29, 1.82) is 0 Å². The van der Waals surface area contributed by atoms with Crippen molar-refractivity contribution in [3.63, 3.8) is 0 Å². The van der Waals surface area contributed by atoms with E-state index in [4.69, 9.17) is 11.6 Å². The van der Waals surface area contributed by atoms with E-state index in [0.29, 0.717) is 27.7 Å². The number of rotatable bonds is 4. The quantitative estimate of drug-likeness (QED) is 0.561. The van der Waals surface area contributed by atoms with E-state index in [9.17, 15) is 14.4 Å². The Kier molecular flexibility index (Phi) is 4.65. The molecule has 0 saturated heterocycles. The van der Waals surface area contributed by atoms with E-state index in [1.165, 1.54) is 11.7 Å². The number of nitrogens with zero attached hydrogens (tertiary/aromatic N) is 3. The first-order chi connectivity index (χ1) is 12.3. The summed E-state index contributed by atoms with van der Waals surface area (Å²) in [7, 11) is 1.49. The van der Waals surface area contributed by atoms with E-state index in [-0.39, 0.29) is 22.9 Å².